The average Bonchev–Trinajstić information content (AvgIpc) is 2.92. The summed E-state index contributed by atoms with van der Waals surface area (Å²) in [6, 6.07) is 0. The normalized spacial score (nSPS) is 20.1. The lowest BCUT2D eigenvalue weighted by atomic mass is 10.1. The lowest BCUT2D eigenvalue weighted by Crippen LogP contribution is -2.20. The monoisotopic (exact) mass is 225 g/mol. The summed E-state index contributed by atoms with van der Waals surface area (Å²) < 4.78 is 10.7. The summed E-state index contributed by atoms with van der Waals surface area (Å²) in [5.41, 5.74) is 5.68. The van der Waals surface area contributed by atoms with Crippen LogP contribution in [0.2, 0.25) is 0 Å². The predicted octanol–water partition coefficient (Wildman–Crippen LogP) is 1.40. The smallest absolute Gasteiger partial charge is 0.234 e. The maximum atomic E-state index is 5.72. The fourth-order valence-electron chi connectivity index (χ4n) is 1.90. The summed E-state index contributed by atoms with van der Waals surface area (Å²) in [7, 11) is 1.66. The van der Waals surface area contributed by atoms with Gasteiger partial charge in [-0.2, -0.15) is 4.98 Å². The molecule has 2 rings (SSSR count). The number of nitrogens with zero attached hydrogens (tertiary/aromatic N) is 2. The Bertz CT molecular complexity index is 358. The van der Waals surface area contributed by atoms with Gasteiger partial charge in [-0.15, -0.1) is 0 Å². The number of rotatable bonds is 5. The summed E-state index contributed by atoms with van der Waals surface area (Å²) in [4.78, 5) is 4.42. The van der Waals surface area contributed by atoms with Gasteiger partial charge in [0.2, 0.25) is 11.7 Å². The fraction of sp³-hybridized carbons (Fsp3) is 0.818. The van der Waals surface area contributed by atoms with Crippen molar-refractivity contribution in [2.45, 2.75) is 38.2 Å². The highest BCUT2D eigenvalue weighted by atomic mass is 16.5. The molecular weight excluding hydrogens is 206 g/mol. The minimum absolute atomic E-state index is 0.0411. The van der Waals surface area contributed by atoms with Crippen LogP contribution in [-0.4, -0.2) is 23.8 Å². The molecule has 0 aromatic carbocycles. The number of hydrogen-bond donors (Lipinski definition) is 1. The van der Waals surface area contributed by atoms with Gasteiger partial charge in [-0.05, 0) is 18.8 Å². The van der Waals surface area contributed by atoms with Gasteiger partial charge in [0.05, 0.1) is 5.41 Å². The van der Waals surface area contributed by atoms with Crippen molar-refractivity contribution in [2.75, 3.05) is 13.7 Å². The Morgan fingerprint density at radius 3 is 2.62 bits per heavy atom. The minimum Gasteiger partial charge on any atom is -0.373 e. The molecule has 1 aliphatic rings. The second-order valence-corrected chi connectivity index (χ2v) is 4.84. The molecule has 5 heteroatoms. The van der Waals surface area contributed by atoms with Crippen LogP contribution in [0.25, 0.3) is 0 Å². The SMILES string of the molecule is COC(c1noc(C2(CN)CC2)n1)C(C)C. The lowest BCUT2D eigenvalue weighted by molar-refractivity contribution is 0.0555. The summed E-state index contributed by atoms with van der Waals surface area (Å²) in [5, 5.41) is 4.00. The van der Waals surface area contributed by atoms with Gasteiger partial charge in [0.25, 0.3) is 0 Å². The molecule has 1 aromatic rings. The Morgan fingerprint density at radius 1 is 1.50 bits per heavy atom. The first-order chi connectivity index (χ1) is 7.63. The van der Waals surface area contributed by atoms with Crippen molar-refractivity contribution >= 4 is 0 Å². The number of nitrogens with two attached hydrogens (primary N) is 1. The van der Waals surface area contributed by atoms with Crippen molar-refractivity contribution in [2.24, 2.45) is 11.7 Å². The molecule has 0 saturated heterocycles. The van der Waals surface area contributed by atoms with Crippen molar-refractivity contribution in [3.8, 4) is 0 Å². The van der Waals surface area contributed by atoms with Gasteiger partial charge in [-0.1, -0.05) is 19.0 Å². The van der Waals surface area contributed by atoms with Crippen LogP contribution >= 0.6 is 0 Å². The van der Waals surface area contributed by atoms with Crippen LogP contribution in [0.15, 0.2) is 4.52 Å². The third kappa shape index (κ3) is 1.85. The predicted molar refractivity (Wildman–Crippen MR) is 58.9 cm³/mol. The van der Waals surface area contributed by atoms with E-state index in [0.717, 1.165) is 12.8 Å². The van der Waals surface area contributed by atoms with E-state index >= 15 is 0 Å². The number of aromatic nitrogens is 2. The van der Waals surface area contributed by atoms with Gasteiger partial charge in [0.15, 0.2) is 0 Å². The summed E-state index contributed by atoms with van der Waals surface area (Å²) in [6.07, 6.45) is 1.99. The Kier molecular flexibility index (Phi) is 2.99. The van der Waals surface area contributed by atoms with Crippen molar-refractivity contribution in [1.82, 2.24) is 10.1 Å². The molecule has 5 nitrogen and oxygen atoms in total. The van der Waals surface area contributed by atoms with E-state index in [0.29, 0.717) is 24.2 Å². The highest BCUT2D eigenvalue weighted by Crippen LogP contribution is 2.46. The van der Waals surface area contributed by atoms with E-state index in [1.54, 1.807) is 7.11 Å². The Labute approximate surface area is 95.3 Å². The highest BCUT2D eigenvalue weighted by molar-refractivity contribution is 5.16. The van der Waals surface area contributed by atoms with Crippen LogP contribution < -0.4 is 5.73 Å². The largest absolute Gasteiger partial charge is 0.373 e. The van der Waals surface area contributed by atoms with Crippen molar-refractivity contribution < 1.29 is 9.26 Å². The minimum atomic E-state index is -0.105. The highest BCUT2D eigenvalue weighted by Gasteiger charge is 2.48. The van der Waals surface area contributed by atoms with Crippen LogP contribution in [-0.2, 0) is 10.2 Å². The molecule has 1 unspecified atom stereocenters. The molecule has 1 heterocycles. The molecule has 0 spiro atoms. The molecule has 0 amide bonds. The van der Waals surface area contributed by atoms with Crippen LogP contribution in [0, 0.1) is 5.92 Å². The Balaban J connectivity index is 2.19. The molecule has 2 N–H and O–H groups in total. The molecular formula is C11H19N3O2. The quantitative estimate of drug-likeness (QED) is 0.820. The molecule has 0 aliphatic heterocycles. The van der Waals surface area contributed by atoms with E-state index in [1.165, 1.54) is 0 Å². The van der Waals surface area contributed by atoms with Crippen LogP contribution in [0.5, 0.6) is 0 Å². The standard InChI is InChI=1S/C11H19N3O2/c1-7(2)8(15-3)9-13-10(16-14-9)11(6-12)4-5-11/h7-8H,4-6,12H2,1-3H3. The Morgan fingerprint density at radius 2 is 2.19 bits per heavy atom. The van der Waals surface area contributed by atoms with Crippen molar-refractivity contribution in [3.05, 3.63) is 11.7 Å². The van der Waals surface area contributed by atoms with Gasteiger partial charge in [0, 0.05) is 13.7 Å². The first-order valence-electron chi connectivity index (χ1n) is 5.70. The number of ether oxygens (including phenoxy) is 1. The zero-order valence-corrected chi connectivity index (χ0v) is 10.1. The summed E-state index contributed by atoms with van der Waals surface area (Å²) in [5.74, 6) is 1.63. The van der Waals surface area contributed by atoms with Gasteiger partial charge in [-0.25, -0.2) is 0 Å². The van der Waals surface area contributed by atoms with E-state index in [-0.39, 0.29) is 11.5 Å². The van der Waals surface area contributed by atoms with Crippen molar-refractivity contribution in [1.29, 1.82) is 0 Å². The van der Waals surface area contributed by atoms with Gasteiger partial charge >= 0.3 is 0 Å². The molecule has 1 atom stereocenters. The van der Waals surface area contributed by atoms with Crippen molar-refractivity contribution in [3.63, 3.8) is 0 Å². The zero-order valence-electron chi connectivity index (χ0n) is 10.1. The topological polar surface area (TPSA) is 74.2 Å². The molecule has 0 radical (unpaired) electrons. The van der Waals surface area contributed by atoms with Gasteiger partial charge < -0.3 is 15.0 Å². The van der Waals surface area contributed by atoms with Crippen LogP contribution in [0.1, 0.15) is 44.5 Å². The van der Waals surface area contributed by atoms with E-state index < -0.39 is 0 Å². The molecule has 90 valence electrons. The van der Waals surface area contributed by atoms with Gasteiger partial charge in [0.1, 0.15) is 6.10 Å². The second-order valence-electron chi connectivity index (χ2n) is 4.84. The summed E-state index contributed by atoms with van der Waals surface area (Å²) in [6.45, 7) is 4.72. The average molecular weight is 225 g/mol. The van der Waals surface area contributed by atoms with E-state index in [1.807, 2.05) is 0 Å². The fourth-order valence-corrected chi connectivity index (χ4v) is 1.90. The van der Waals surface area contributed by atoms with E-state index in [9.17, 15) is 0 Å². The molecule has 1 aliphatic carbocycles. The van der Waals surface area contributed by atoms with Crippen LogP contribution in [0.3, 0.4) is 0 Å². The molecule has 1 fully saturated rings. The van der Waals surface area contributed by atoms with E-state index in [4.69, 9.17) is 15.0 Å². The molecule has 1 aromatic heterocycles. The van der Waals surface area contributed by atoms with E-state index in [2.05, 4.69) is 24.0 Å². The first kappa shape index (κ1) is 11.5. The maximum absolute atomic E-state index is 5.72. The number of methoxy groups -OCH3 is 1. The lowest BCUT2D eigenvalue weighted by Gasteiger charge is -2.14. The summed E-state index contributed by atoms with van der Waals surface area (Å²) >= 11 is 0. The number of hydrogen-bond acceptors (Lipinski definition) is 5. The Hall–Kier alpha value is -0.940. The van der Waals surface area contributed by atoms with Gasteiger partial charge in [-0.3, -0.25) is 0 Å². The van der Waals surface area contributed by atoms with Crippen LogP contribution in [0.4, 0.5) is 0 Å². The third-order valence-electron chi connectivity index (χ3n) is 3.25. The second kappa shape index (κ2) is 4.14. The molecule has 0 bridgehead atoms. The maximum Gasteiger partial charge on any atom is 0.234 e. The first-order valence-corrected chi connectivity index (χ1v) is 5.70. The third-order valence-corrected chi connectivity index (χ3v) is 3.25. The molecule has 16 heavy (non-hydrogen) atoms. The zero-order chi connectivity index (χ0) is 11.8. The molecule has 1 saturated carbocycles.